The maximum Gasteiger partial charge on any atom is 0.358 e. The summed E-state index contributed by atoms with van der Waals surface area (Å²) in [6.45, 7) is -0.438. The first kappa shape index (κ1) is 14.1. The average Bonchev–Trinajstić information content (AvgIpc) is 2.77. The highest BCUT2D eigenvalue weighted by Gasteiger charge is 2.15. The maximum atomic E-state index is 11.7. The van der Waals surface area contributed by atoms with Gasteiger partial charge in [-0.2, -0.15) is 0 Å². The SMILES string of the molecule is O=C(O)c1cn(CC(=O)N(CCO)CCO)nn1. The summed E-state index contributed by atoms with van der Waals surface area (Å²) in [5.74, 6) is -1.61. The van der Waals surface area contributed by atoms with E-state index in [1.807, 2.05) is 0 Å². The van der Waals surface area contributed by atoms with Gasteiger partial charge in [0.2, 0.25) is 5.91 Å². The minimum atomic E-state index is -1.23. The third-order valence-corrected chi connectivity index (χ3v) is 2.15. The lowest BCUT2D eigenvalue weighted by Crippen LogP contribution is -2.38. The number of aliphatic hydroxyl groups excluding tert-OH is 2. The zero-order valence-corrected chi connectivity index (χ0v) is 9.56. The van der Waals surface area contributed by atoms with E-state index < -0.39 is 5.97 Å². The monoisotopic (exact) mass is 258 g/mol. The van der Waals surface area contributed by atoms with Crippen LogP contribution in [0.3, 0.4) is 0 Å². The van der Waals surface area contributed by atoms with Gasteiger partial charge in [-0.3, -0.25) is 4.79 Å². The normalized spacial score (nSPS) is 10.3. The Morgan fingerprint density at radius 1 is 1.28 bits per heavy atom. The minimum Gasteiger partial charge on any atom is -0.476 e. The first-order valence-corrected chi connectivity index (χ1v) is 5.21. The van der Waals surface area contributed by atoms with Crippen molar-refractivity contribution < 1.29 is 24.9 Å². The van der Waals surface area contributed by atoms with Crippen molar-refractivity contribution in [2.24, 2.45) is 0 Å². The number of nitrogens with zero attached hydrogens (tertiary/aromatic N) is 4. The average molecular weight is 258 g/mol. The Kier molecular flexibility index (Phi) is 5.21. The number of aromatic carboxylic acids is 1. The van der Waals surface area contributed by atoms with Gasteiger partial charge in [0.1, 0.15) is 6.54 Å². The van der Waals surface area contributed by atoms with Gasteiger partial charge in [0.15, 0.2) is 5.69 Å². The molecule has 0 fully saturated rings. The lowest BCUT2D eigenvalue weighted by atomic mass is 10.4. The topological polar surface area (TPSA) is 129 Å². The van der Waals surface area contributed by atoms with Gasteiger partial charge in [0.25, 0.3) is 0 Å². The summed E-state index contributed by atoms with van der Waals surface area (Å²) in [5.41, 5.74) is -0.251. The molecule has 0 aliphatic heterocycles. The second-order valence-electron chi connectivity index (χ2n) is 3.43. The van der Waals surface area contributed by atoms with Crippen molar-refractivity contribution in [1.29, 1.82) is 0 Å². The Labute approximate surface area is 102 Å². The van der Waals surface area contributed by atoms with Gasteiger partial charge in [-0.05, 0) is 0 Å². The van der Waals surface area contributed by atoms with E-state index in [-0.39, 0.29) is 44.4 Å². The molecule has 0 aliphatic carbocycles. The van der Waals surface area contributed by atoms with E-state index in [0.717, 1.165) is 10.9 Å². The van der Waals surface area contributed by atoms with Crippen LogP contribution in [-0.4, -0.2) is 73.4 Å². The lowest BCUT2D eigenvalue weighted by Gasteiger charge is -2.20. The molecule has 0 radical (unpaired) electrons. The fraction of sp³-hybridized carbons (Fsp3) is 0.556. The zero-order chi connectivity index (χ0) is 13.5. The summed E-state index contributed by atoms with van der Waals surface area (Å²) in [7, 11) is 0. The Bertz CT molecular complexity index is 413. The molecule has 0 aromatic carbocycles. The maximum absolute atomic E-state index is 11.7. The van der Waals surface area contributed by atoms with Crippen molar-refractivity contribution in [3.63, 3.8) is 0 Å². The van der Waals surface area contributed by atoms with Crippen LogP contribution in [0.15, 0.2) is 6.20 Å². The quantitative estimate of drug-likeness (QED) is 0.505. The van der Waals surface area contributed by atoms with Crippen LogP contribution in [0, 0.1) is 0 Å². The predicted octanol–water partition coefficient (Wildman–Crippen LogP) is -2.21. The number of hydrogen-bond acceptors (Lipinski definition) is 6. The van der Waals surface area contributed by atoms with Crippen molar-refractivity contribution in [2.75, 3.05) is 26.3 Å². The summed E-state index contributed by atoms with van der Waals surface area (Å²) < 4.78 is 1.09. The number of hydrogen-bond donors (Lipinski definition) is 3. The molecular formula is C9H14N4O5. The van der Waals surface area contributed by atoms with Crippen molar-refractivity contribution in [3.05, 3.63) is 11.9 Å². The fourth-order valence-corrected chi connectivity index (χ4v) is 1.31. The Morgan fingerprint density at radius 3 is 2.33 bits per heavy atom. The molecule has 9 nitrogen and oxygen atoms in total. The number of rotatable bonds is 7. The van der Waals surface area contributed by atoms with Crippen LogP contribution in [0.1, 0.15) is 10.5 Å². The van der Waals surface area contributed by atoms with Crippen LogP contribution in [-0.2, 0) is 11.3 Å². The zero-order valence-electron chi connectivity index (χ0n) is 9.56. The number of amides is 1. The second kappa shape index (κ2) is 6.67. The summed E-state index contributed by atoms with van der Waals surface area (Å²) >= 11 is 0. The fourth-order valence-electron chi connectivity index (χ4n) is 1.31. The molecule has 0 aliphatic rings. The Hall–Kier alpha value is -2.00. The van der Waals surface area contributed by atoms with E-state index in [9.17, 15) is 9.59 Å². The van der Waals surface area contributed by atoms with E-state index in [2.05, 4.69) is 10.3 Å². The van der Waals surface area contributed by atoms with Crippen molar-refractivity contribution in [3.8, 4) is 0 Å². The molecule has 1 rings (SSSR count). The van der Waals surface area contributed by atoms with E-state index in [4.69, 9.17) is 15.3 Å². The molecule has 1 aromatic rings. The van der Waals surface area contributed by atoms with Gasteiger partial charge in [-0.1, -0.05) is 5.21 Å². The van der Waals surface area contributed by atoms with Gasteiger partial charge in [0, 0.05) is 13.1 Å². The lowest BCUT2D eigenvalue weighted by molar-refractivity contribution is -0.133. The third kappa shape index (κ3) is 3.79. The highest BCUT2D eigenvalue weighted by atomic mass is 16.4. The van der Waals surface area contributed by atoms with Crippen LogP contribution in [0.4, 0.5) is 0 Å². The van der Waals surface area contributed by atoms with Crippen LogP contribution >= 0.6 is 0 Å². The number of aliphatic hydroxyl groups is 2. The Morgan fingerprint density at radius 2 is 1.89 bits per heavy atom. The molecule has 0 spiro atoms. The van der Waals surface area contributed by atoms with Crippen LogP contribution in [0.2, 0.25) is 0 Å². The summed E-state index contributed by atoms with van der Waals surface area (Å²) in [6, 6.07) is 0. The van der Waals surface area contributed by atoms with Gasteiger partial charge in [-0.15, -0.1) is 5.10 Å². The molecule has 1 amide bonds. The van der Waals surface area contributed by atoms with E-state index >= 15 is 0 Å². The third-order valence-electron chi connectivity index (χ3n) is 2.15. The molecule has 9 heteroatoms. The van der Waals surface area contributed by atoms with Crippen LogP contribution in [0.25, 0.3) is 0 Å². The standard InChI is InChI=1S/C9H14N4O5/c14-3-1-12(2-4-15)8(16)6-13-5-7(9(17)18)10-11-13/h5,14-15H,1-4,6H2,(H,17,18). The predicted molar refractivity (Wildman–Crippen MR) is 57.7 cm³/mol. The molecule has 3 N–H and O–H groups in total. The van der Waals surface area contributed by atoms with Crippen LogP contribution < -0.4 is 0 Å². The highest BCUT2D eigenvalue weighted by Crippen LogP contribution is 1.96. The van der Waals surface area contributed by atoms with Gasteiger partial charge in [-0.25, -0.2) is 9.48 Å². The number of carboxylic acids is 1. The first-order valence-electron chi connectivity index (χ1n) is 5.21. The summed E-state index contributed by atoms with van der Waals surface area (Å²) in [6.07, 6.45) is 1.14. The molecule has 0 atom stereocenters. The molecule has 0 bridgehead atoms. The van der Waals surface area contributed by atoms with Crippen molar-refractivity contribution >= 4 is 11.9 Å². The minimum absolute atomic E-state index is 0.0971. The molecule has 18 heavy (non-hydrogen) atoms. The van der Waals surface area contributed by atoms with Gasteiger partial charge < -0.3 is 20.2 Å². The van der Waals surface area contributed by atoms with Crippen LogP contribution in [0.5, 0.6) is 0 Å². The number of carbonyl (C=O) groups excluding carboxylic acids is 1. The number of carboxylic acid groups (broad SMARTS) is 1. The van der Waals surface area contributed by atoms with E-state index in [1.54, 1.807) is 0 Å². The van der Waals surface area contributed by atoms with E-state index in [0.29, 0.717) is 0 Å². The summed E-state index contributed by atoms with van der Waals surface area (Å²) in [5, 5.41) is 33.0. The Balaban J connectivity index is 2.63. The molecule has 0 unspecified atom stereocenters. The van der Waals surface area contributed by atoms with Gasteiger partial charge in [0.05, 0.1) is 19.4 Å². The summed E-state index contributed by atoms with van der Waals surface area (Å²) in [4.78, 5) is 23.6. The van der Waals surface area contributed by atoms with Crippen molar-refractivity contribution in [1.82, 2.24) is 19.9 Å². The largest absolute Gasteiger partial charge is 0.476 e. The smallest absolute Gasteiger partial charge is 0.358 e. The second-order valence-corrected chi connectivity index (χ2v) is 3.43. The molecular weight excluding hydrogens is 244 g/mol. The number of aromatic nitrogens is 3. The van der Waals surface area contributed by atoms with E-state index in [1.165, 1.54) is 4.90 Å². The first-order chi connectivity index (χ1) is 8.58. The van der Waals surface area contributed by atoms with Crippen molar-refractivity contribution in [2.45, 2.75) is 6.54 Å². The molecule has 100 valence electrons. The molecule has 0 saturated heterocycles. The molecule has 1 heterocycles. The van der Waals surface area contributed by atoms with Gasteiger partial charge >= 0.3 is 5.97 Å². The highest BCUT2D eigenvalue weighted by molar-refractivity contribution is 5.84. The molecule has 1 aromatic heterocycles. The number of carbonyl (C=O) groups is 2. The molecule has 0 saturated carbocycles.